The van der Waals surface area contributed by atoms with Crippen LogP contribution in [0.4, 0.5) is 21.9 Å². The predicted octanol–water partition coefficient (Wildman–Crippen LogP) is 3.53. The summed E-state index contributed by atoms with van der Waals surface area (Å²) < 4.78 is 0. The Bertz CT molecular complexity index is 608. The zero-order valence-electron chi connectivity index (χ0n) is 11.0. The van der Waals surface area contributed by atoms with Crippen LogP contribution in [0.2, 0.25) is 0 Å². The standard InChI is InChI=1S/C15H17N3O/c1-10-4-3-5-12(8-10)17-15(19)18-14-9-11(2)6-7-13(14)16/h3-9H,16H2,1-2H3,(H2,17,18,19). The number of aryl methyl sites for hydroxylation is 2. The lowest BCUT2D eigenvalue weighted by Crippen LogP contribution is -2.20. The number of nitrogens with two attached hydrogens (primary N) is 1. The van der Waals surface area contributed by atoms with Gasteiger partial charge >= 0.3 is 6.03 Å². The van der Waals surface area contributed by atoms with E-state index in [-0.39, 0.29) is 6.03 Å². The molecule has 0 radical (unpaired) electrons. The molecule has 0 atom stereocenters. The van der Waals surface area contributed by atoms with Crippen molar-refractivity contribution in [2.24, 2.45) is 0 Å². The van der Waals surface area contributed by atoms with E-state index in [0.717, 1.165) is 16.8 Å². The van der Waals surface area contributed by atoms with Crippen LogP contribution in [0.1, 0.15) is 11.1 Å². The summed E-state index contributed by atoms with van der Waals surface area (Å²) in [5, 5.41) is 5.52. The van der Waals surface area contributed by atoms with E-state index in [9.17, 15) is 4.79 Å². The average Bonchev–Trinajstić information content (AvgIpc) is 2.34. The largest absolute Gasteiger partial charge is 0.397 e. The Morgan fingerprint density at radius 3 is 2.47 bits per heavy atom. The van der Waals surface area contributed by atoms with Crippen molar-refractivity contribution in [3.8, 4) is 0 Å². The minimum absolute atomic E-state index is 0.303. The normalized spacial score (nSPS) is 10.0. The molecule has 0 aliphatic heterocycles. The van der Waals surface area contributed by atoms with Crippen LogP contribution in [0.15, 0.2) is 42.5 Å². The lowest BCUT2D eigenvalue weighted by Gasteiger charge is -2.10. The van der Waals surface area contributed by atoms with E-state index in [1.165, 1.54) is 0 Å². The fourth-order valence-corrected chi connectivity index (χ4v) is 1.79. The van der Waals surface area contributed by atoms with Gasteiger partial charge in [-0.05, 0) is 49.2 Å². The molecule has 0 saturated heterocycles. The minimum atomic E-state index is -0.303. The third kappa shape index (κ3) is 3.48. The molecule has 4 N–H and O–H groups in total. The molecule has 0 unspecified atom stereocenters. The van der Waals surface area contributed by atoms with E-state index in [4.69, 9.17) is 5.73 Å². The lowest BCUT2D eigenvalue weighted by atomic mass is 10.2. The molecule has 19 heavy (non-hydrogen) atoms. The maximum atomic E-state index is 11.9. The molecule has 0 aromatic heterocycles. The molecule has 0 heterocycles. The van der Waals surface area contributed by atoms with Crippen molar-refractivity contribution in [2.45, 2.75) is 13.8 Å². The Labute approximate surface area is 112 Å². The van der Waals surface area contributed by atoms with Crippen molar-refractivity contribution in [2.75, 3.05) is 16.4 Å². The van der Waals surface area contributed by atoms with Gasteiger partial charge in [0.25, 0.3) is 0 Å². The van der Waals surface area contributed by atoms with Gasteiger partial charge in [0.2, 0.25) is 0 Å². The second kappa shape index (κ2) is 5.44. The molecule has 2 amide bonds. The Hall–Kier alpha value is -2.49. The van der Waals surface area contributed by atoms with Crippen LogP contribution in [0.5, 0.6) is 0 Å². The zero-order chi connectivity index (χ0) is 13.8. The van der Waals surface area contributed by atoms with E-state index >= 15 is 0 Å². The molecule has 98 valence electrons. The van der Waals surface area contributed by atoms with Crippen molar-refractivity contribution in [3.63, 3.8) is 0 Å². The smallest absolute Gasteiger partial charge is 0.323 e. The molecular formula is C15H17N3O. The summed E-state index contributed by atoms with van der Waals surface area (Å²) in [5.41, 5.74) is 9.86. The highest BCUT2D eigenvalue weighted by Gasteiger charge is 2.05. The maximum Gasteiger partial charge on any atom is 0.323 e. The van der Waals surface area contributed by atoms with Crippen LogP contribution >= 0.6 is 0 Å². The molecular weight excluding hydrogens is 238 g/mol. The van der Waals surface area contributed by atoms with E-state index in [0.29, 0.717) is 11.4 Å². The number of hydrogen-bond acceptors (Lipinski definition) is 2. The summed E-state index contributed by atoms with van der Waals surface area (Å²) in [4.78, 5) is 11.9. The van der Waals surface area contributed by atoms with Crippen molar-refractivity contribution < 1.29 is 4.79 Å². The number of carbonyl (C=O) groups is 1. The van der Waals surface area contributed by atoms with Gasteiger partial charge in [-0.15, -0.1) is 0 Å². The van der Waals surface area contributed by atoms with E-state index in [1.54, 1.807) is 6.07 Å². The van der Waals surface area contributed by atoms with Gasteiger partial charge in [-0.3, -0.25) is 0 Å². The molecule has 2 aromatic carbocycles. The molecule has 0 bridgehead atoms. The van der Waals surface area contributed by atoms with Gasteiger partial charge in [0.05, 0.1) is 11.4 Å². The summed E-state index contributed by atoms with van der Waals surface area (Å²) in [6.07, 6.45) is 0. The third-order valence-electron chi connectivity index (χ3n) is 2.73. The molecule has 0 fully saturated rings. The molecule has 4 heteroatoms. The Kier molecular flexibility index (Phi) is 3.71. The van der Waals surface area contributed by atoms with E-state index < -0.39 is 0 Å². The zero-order valence-corrected chi connectivity index (χ0v) is 11.0. The van der Waals surface area contributed by atoms with Gasteiger partial charge in [-0.1, -0.05) is 18.2 Å². The third-order valence-corrected chi connectivity index (χ3v) is 2.73. The fraction of sp³-hybridized carbons (Fsp3) is 0.133. The SMILES string of the molecule is Cc1cccc(NC(=O)Nc2cc(C)ccc2N)c1. The number of urea groups is 1. The first kappa shape index (κ1) is 13.0. The summed E-state index contributed by atoms with van der Waals surface area (Å²) >= 11 is 0. The van der Waals surface area contributed by atoms with Crippen LogP contribution in [-0.2, 0) is 0 Å². The minimum Gasteiger partial charge on any atom is -0.397 e. The predicted molar refractivity (Wildman–Crippen MR) is 79.4 cm³/mol. The molecule has 0 spiro atoms. The molecule has 2 rings (SSSR count). The van der Waals surface area contributed by atoms with Crippen molar-refractivity contribution in [3.05, 3.63) is 53.6 Å². The van der Waals surface area contributed by atoms with E-state index in [2.05, 4.69) is 10.6 Å². The van der Waals surface area contributed by atoms with E-state index in [1.807, 2.05) is 50.2 Å². The van der Waals surface area contributed by atoms with Gasteiger partial charge in [-0.2, -0.15) is 0 Å². The highest BCUT2D eigenvalue weighted by Crippen LogP contribution is 2.20. The Morgan fingerprint density at radius 1 is 1.00 bits per heavy atom. The van der Waals surface area contributed by atoms with Crippen LogP contribution in [0.25, 0.3) is 0 Å². The summed E-state index contributed by atoms with van der Waals surface area (Å²) in [6, 6.07) is 12.8. The van der Waals surface area contributed by atoms with Crippen LogP contribution in [-0.4, -0.2) is 6.03 Å². The van der Waals surface area contributed by atoms with Crippen molar-refractivity contribution in [1.82, 2.24) is 0 Å². The summed E-state index contributed by atoms with van der Waals surface area (Å²) in [5.74, 6) is 0. The van der Waals surface area contributed by atoms with Crippen LogP contribution in [0, 0.1) is 13.8 Å². The highest BCUT2D eigenvalue weighted by atomic mass is 16.2. The van der Waals surface area contributed by atoms with Crippen LogP contribution in [0.3, 0.4) is 0 Å². The summed E-state index contributed by atoms with van der Waals surface area (Å²) in [6.45, 7) is 3.92. The first-order valence-corrected chi connectivity index (χ1v) is 6.05. The van der Waals surface area contributed by atoms with Gasteiger partial charge in [0, 0.05) is 5.69 Å². The highest BCUT2D eigenvalue weighted by molar-refractivity contribution is 6.01. The fourth-order valence-electron chi connectivity index (χ4n) is 1.79. The second-order valence-electron chi connectivity index (χ2n) is 4.54. The second-order valence-corrected chi connectivity index (χ2v) is 4.54. The molecule has 4 nitrogen and oxygen atoms in total. The number of benzene rings is 2. The molecule has 0 aliphatic carbocycles. The van der Waals surface area contributed by atoms with Crippen molar-refractivity contribution in [1.29, 1.82) is 0 Å². The van der Waals surface area contributed by atoms with Gasteiger partial charge < -0.3 is 16.4 Å². The molecule has 0 aliphatic rings. The number of rotatable bonds is 2. The quantitative estimate of drug-likeness (QED) is 0.719. The van der Waals surface area contributed by atoms with Gasteiger partial charge in [-0.25, -0.2) is 4.79 Å². The number of nitrogen functional groups attached to an aromatic ring is 1. The molecule has 2 aromatic rings. The topological polar surface area (TPSA) is 67.2 Å². The Balaban J connectivity index is 2.07. The number of hydrogen-bond donors (Lipinski definition) is 3. The average molecular weight is 255 g/mol. The lowest BCUT2D eigenvalue weighted by molar-refractivity contribution is 0.262. The Morgan fingerprint density at radius 2 is 1.74 bits per heavy atom. The first-order chi connectivity index (χ1) is 9.04. The monoisotopic (exact) mass is 255 g/mol. The first-order valence-electron chi connectivity index (χ1n) is 6.05. The maximum absolute atomic E-state index is 11.9. The van der Waals surface area contributed by atoms with Crippen LogP contribution < -0.4 is 16.4 Å². The molecule has 0 saturated carbocycles. The van der Waals surface area contributed by atoms with Crippen molar-refractivity contribution >= 4 is 23.1 Å². The number of anilines is 3. The van der Waals surface area contributed by atoms with Gasteiger partial charge in [0.15, 0.2) is 0 Å². The number of carbonyl (C=O) groups excluding carboxylic acids is 1. The number of amides is 2. The number of nitrogens with one attached hydrogen (secondary N) is 2. The van der Waals surface area contributed by atoms with Gasteiger partial charge in [0.1, 0.15) is 0 Å². The summed E-state index contributed by atoms with van der Waals surface area (Å²) in [7, 11) is 0.